The largest absolute Gasteiger partial charge is 0.398 e. The number of hydrogen-bond acceptors (Lipinski definition) is 3. The molecule has 0 fully saturated rings. The first-order valence-electron chi connectivity index (χ1n) is 5.36. The average Bonchev–Trinajstić information content (AvgIpc) is 2.40. The van der Waals surface area contributed by atoms with E-state index in [1.807, 2.05) is 24.5 Å². The smallest absolute Gasteiger partial charge is 0.196 e. The Morgan fingerprint density at radius 1 is 1.17 bits per heavy atom. The van der Waals surface area contributed by atoms with E-state index in [9.17, 15) is 4.79 Å². The predicted octanol–water partition coefficient (Wildman–Crippen LogP) is 3.88. The number of thioether (sulfide) groups is 1. The Bertz CT molecular complexity index is 598. The van der Waals surface area contributed by atoms with E-state index in [2.05, 4.69) is 0 Å². The Kier molecular flexibility index (Phi) is 3.94. The van der Waals surface area contributed by atoms with Gasteiger partial charge < -0.3 is 5.73 Å². The van der Waals surface area contributed by atoms with Crippen LogP contribution in [0.2, 0.25) is 5.02 Å². The number of carbonyl (C=O) groups excluding carboxylic acids is 1. The molecule has 0 atom stereocenters. The van der Waals surface area contributed by atoms with Gasteiger partial charge in [0.1, 0.15) is 0 Å². The van der Waals surface area contributed by atoms with E-state index in [-0.39, 0.29) is 5.78 Å². The molecule has 0 heterocycles. The number of benzene rings is 2. The highest BCUT2D eigenvalue weighted by molar-refractivity contribution is 7.98. The summed E-state index contributed by atoms with van der Waals surface area (Å²) in [5.41, 5.74) is 7.38. The molecule has 0 saturated heterocycles. The molecule has 2 nitrogen and oxygen atoms in total. The molecule has 0 bridgehead atoms. The lowest BCUT2D eigenvalue weighted by Gasteiger charge is -2.08. The second-order valence-corrected chi connectivity index (χ2v) is 5.05. The molecule has 0 saturated carbocycles. The molecule has 18 heavy (non-hydrogen) atoms. The summed E-state index contributed by atoms with van der Waals surface area (Å²) in [5.74, 6) is -0.0973. The predicted molar refractivity (Wildman–Crippen MR) is 77.5 cm³/mol. The number of halogens is 1. The Labute approximate surface area is 115 Å². The molecule has 0 aliphatic heterocycles. The van der Waals surface area contributed by atoms with E-state index in [0.717, 1.165) is 4.90 Å². The Morgan fingerprint density at radius 3 is 2.61 bits per heavy atom. The monoisotopic (exact) mass is 277 g/mol. The maximum Gasteiger partial charge on any atom is 0.196 e. The van der Waals surface area contributed by atoms with Crippen molar-refractivity contribution in [1.82, 2.24) is 0 Å². The standard InChI is InChI=1S/C14H12ClNOS/c1-18-13-5-3-2-4-10(13)14(17)11-8-9(15)6-7-12(11)16/h2-8H,16H2,1H3. The van der Waals surface area contributed by atoms with Crippen LogP contribution >= 0.6 is 23.4 Å². The molecule has 4 heteroatoms. The van der Waals surface area contributed by atoms with E-state index in [4.69, 9.17) is 17.3 Å². The number of nitrogens with two attached hydrogens (primary N) is 1. The number of carbonyl (C=O) groups is 1. The third kappa shape index (κ3) is 2.52. The van der Waals surface area contributed by atoms with Gasteiger partial charge in [-0.1, -0.05) is 23.7 Å². The fourth-order valence-corrected chi connectivity index (χ4v) is 2.47. The van der Waals surface area contributed by atoms with E-state index in [1.54, 1.807) is 24.3 Å². The zero-order valence-electron chi connectivity index (χ0n) is 9.81. The fourth-order valence-electron chi connectivity index (χ4n) is 1.70. The number of anilines is 1. The van der Waals surface area contributed by atoms with Crippen LogP contribution in [0.15, 0.2) is 47.4 Å². The van der Waals surface area contributed by atoms with Gasteiger partial charge in [0, 0.05) is 26.7 Å². The molecule has 0 unspecified atom stereocenters. The molecule has 0 radical (unpaired) electrons. The normalized spacial score (nSPS) is 10.3. The van der Waals surface area contributed by atoms with E-state index in [0.29, 0.717) is 21.8 Å². The molecule has 2 aromatic rings. The lowest BCUT2D eigenvalue weighted by Crippen LogP contribution is -2.06. The van der Waals surface area contributed by atoms with Gasteiger partial charge in [-0.05, 0) is 36.6 Å². The molecular weight excluding hydrogens is 266 g/mol. The van der Waals surface area contributed by atoms with Crippen molar-refractivity contribution in [1.29, 1.82) is 0 Å². The van der Waals surface area contributed by atoms with Gasteiger partial charge in [0.2, 0.25) is 0 Å². The minimum absolute atomic E-state index is 0.0973. The molecule has 0 aromatic heterocycles. The number of rotatable bonds is 3. The zero-order valence-corrected chi connectivity index (χ0v) is 11.4. The first-order chi connectivity index (χ1) is 8.63. The first kappa shape index (κ1) is 13.0. The molecular formula is C14H12ClNOS. The minimum Gasteiger partial charge on any atom is -0.398 e. The van der Waals surface area contributed by atoms with Gasteiger partial charge in [0.15, 0.2) is 5.78 Å². The summed E-state index contributed by atoms with van der Waals surface area (Å²) in [6.45, 7) is 0. The van der Waals surface area contributed by atoms with Gasteiger partial charge in [-0.2, -0.15) is 0 Å². The van der Waals surface area contributed by atoms with Crippen LogP contribution in [0.3, 0.4) is 0 Å². The number of ketones is 1. The maximum atomic E-state index is 12.4. The summed E-state index contributed by atoms with van der Waals surface area (Å²) in [6.07, 6.45) is 1.94. The molecule has 92 valence electrons. The Balaban J connectivity index is 2.51. The average molecular weight is 278 g/mol. The van der Waals surface area contributed by atoms with Crippen molar-refractivity contribution in [2.45, 2.75) is 4.90 Å². The first-order valence-corrected chi connectivity index (χ1v) is 6.96. The van der Waals surface area contributed by atoms with Crippen LogP contribution in [0.4, 0.5) is 5.69 Å². The molecule has 0 aliphatic carbocycles. The Morgan fingerprint density at radius 2 is 1.89 bits per heavy atom. The van der Waals surface area contributed by atoms with Crippen LogP contribution in [-0.4, -0.2) is 12.0 Å². The quantitative estimate of drug-likeness (QED) is 0.526. The highest BCUT2D eigenvalue weighted by Gasteiger charge is 2.15. The molecule has 0 spiro atoms. The topological polar surface area (TPSA) is 43.1 Å². The molecule has 2 aromatic carbocycles. The third-order valence-corrected chi connectivity index (χ3v) is 3.64. The third-order valence-electron chi connectivity index (χ3n) is 2.61. The van der Waals surface area contributed by atoms with Crippen molar-refractivity contribution in [2.75, 3.05) is 12.0 Å². The second kappa shape index (κ2) is 5.46. The summed E-state index contributed by atoms with van der Waals surface area (Å²) < 4.78 is 0. The molecule has 0 aliphatic rings. The maximum absolute atomic E-state index is 12.4. The van der Waals surface area contributed by atoms with Crippen molar-refractivity contribution in [3.8, 4) is 0 Å². The summed E-state index contributed by atoms with van der Waals surface area (Å²) in [5, 5.41) is 0.509. The van der Waals surface area contributed by atoms with Crippen molar-refractivity contribution in [2.24, 2.45) is 0 Å². The van der Waals surface area contributed by atoms with Gasteiger partial charge in [0.05, 0.1) is 0 Å². The fraction of sp³-hybridized carbons (Fsp3) is 0.0714. The van der Waals surface area contributed by atoms with Crippen LogP contribution in [0.5, 0.6) is 0 Å². The van der Waals surface area contributed by atoms with Crippen LogP contribution in [0.25, 0.3) is 0 Å². The highest BCUT2D eigenvalue weighted by atomic mass is 35.5. The van der Waals surface area contributed by atoms with Crippen molar-refractivity contribution in [3.63, 3.8) is 0 Å². The lowest BCUT2D eigenvalue weighted by molar-refractivity contribution is 0.103. The van der Waals surface area contributed by atoms with E-state index < -0.39 is 0 Å². The number of nitrogen functional groups attached to an aromatic ring is 1. The van der Waals surface area contributed by atoms with Crippen molar-refractivity contribution >= 4 is 34.8 Å². The van der Waals surface area contributed by atoms with Gasteiger partial charge >= 0.3 is 0 Å². The Hall–Kier alpha value is -1.45. The van der Waals surface area contributed by atoms with Gasteiger partial charge in [-0.3, -0.25) is 4.79 Å². The van der Waals surface area contributed by atoms with Crippen molar-refractivity contribution in [3.05, 3.63) is 58.6 Å². The lowest BCUT2D eigenvalue weighted by atomic mass is 10.0. The summed E-state index contributed by atoms with van der Waals surface area (Å²) in [7, 11) is 0. The minimum atomic E-state index is -0.0973. The molecule has 2 rings (SSSR count). The van der Waals surface area contributed by atoms with Crippen molar-refractivity contribution < 1.29 is 4.79 Å². The molecule has 2 N–H and O–H groups in total. The summed E-state index contributed by atoms with van der Waals surface area (Å²) in [4.78, 5) is 13.4. The van der Waals surface area contributed by atoms with Crippen LogP contribution in [0.1, 0.15) is 15.9 Å². The van der Waals surface area contributed by atoms with Crippen LogP contribution in [0, 0.1) is 0 Å². The van der Waals surface area contributed by atoms with Gasteiger partial charge in [-0.15, -0.1) is 11.8 Å². The zero-order chi connectivity index (χ0) is 13.1. The molecule has 0 amide bonds. The van der Waals surface area contributed by atoms with Gasteiger partial charge in [-0.25, -0.2) is 0 Å². The summed E-state index contributed by atoms with van der Waals surface area (Å²) in [6, 6.07) is 12.4. The highest BCUT2D eigenvalue weighted by Crippen LogP contribution is 2.26. The SMILES string of the molecule is CSc1ccccc1C(=O)c1cc(Cl)ccc1N. The van der Waals surface area contributed by atoms with Crippen LogP contribution in [-0.2, 0) is 0 Å². The summed E-state index contributed by atoms with van der Waals surface area (Å²) >= 11 is 7.44. The number of hydrogen-bond donors (Lipinski definition) is 1. The van der Waals surface area contributed by atoms with E-state index >= 15 is 0 Å². The van der Waals surface area contributed by atoms with E-state index in [1.165, 1.54) is 11.8 Å². The van der Waals surface area contributed by atoms with Gasteiger partial charge in [0.25, 0.3) is 0 Å². The second-order valence-electron chi connectivity index (χ2n) is 3.76. The van der Waals surface area contributed by atoms with Crippen LogP contribution < -0.4 is 5.73 Å².